The number of hydrogen-bond donors (Lipinski definition) is 2. The molecule has 2 aromatic carbocycles. The van der Waals surface area contributed by atoms with Gasteiger partial charge in [0.05, 0.1) is 15.5 Å². The molecule has 0 fully saturated rings. The Morgan fingerprint density at radius 3 is 2.90 bits per heavy atom. The minimum atomic E-state index is -0.271. The summed E-state index contributed by atoms with van der Waals surface area (Å²) in [6, 6.07) is 10.4. The number of aromatic amines is 1. The molecular weight excluding hydrogens is 345 g/mol. The molecule has 6 heteroatoms. The van der Waals surface area contributed by atoms with E-state index in [1.165, 1.54) is 6.07 Å². The highest BCUT2D eigenvalue weighted by molar-refractivity contribution is 9.10. The number of imidazole rings is 1. The maximum Gasteiger partial charge on any atom is 0.201 e. The van der Waals surface area contributed by atoms with Crippen LogP contribution in [-0.4, -0.2) is 9.97 Å². The summed E-state index contributed by atoms with van der Waals surface area (Å²) >= 11 is 9.09. The van der Waals surface area contributed by atoms with Crippen LogP contribution in [0.25, 0.3) is 11.0 Å². The average Bonchev–Trinajstić information content (AvgIpc) is 2.82. The molecule has 1 aromatic heterocycles. The van der Waals surface area contributed by atoms with E-state index in [4.69, 9.17) is 11.6 Å². The third-order valence-corrected chi connectivity index (χ3v) is 3.73. The number of nitrogens with one attached hydrogen (secondary N) is 2. The summed E-state index contributed by atoms with van der Waals surface area (Å²) in [5.41, 5.74) is 2.68. The van der Waals surface area contributed by atoms with E-state index >= 15 is 0 Å². The van der Waals surface area contributed by atoms with Crippen molar-refractivity contribution >= 4 is 44.5 Å². The highest BCUT2D eigenvalue weighted by Gasteiger charge is 2.04. The fraction of sp³-hybridized carbons (Fsp3) is 0.0714. The Morgan fingerprint density at radius 2 is 2.10 bits per heavy atom. The van der Waals surface area contributed by atoms with E-state index in [9.17, 15) is 4.39 Å². The van der Waals surface area contributed by atoms with Crippen molar-refractivity contribution < 1.29 is 4.39 Å². The number of halogens is 3. The number of anilines is 1. The van der Waals surface area contributed by atoms with Crippen LogP contribution in [0.1, 0.15) is 5.56 Å². The zero-order chi connectivity index (χ0) is 14.1. The number of hydrogen-bond acceptors (Lipinski definition) is 2. The fourth-order valence-corrected chi connectivity index (χ4v) is 2.50. The molecule has 2 N–H and O–H groups in total. The molecular formula is C14H10BrClFN3. The molecule has 3 rings (SSSR count). The van der Waals surface area contributed by atoms with Gasteiger partial charge in [-0.2, -0.15) is 0 Å². The topological polar surface area (TPSA) is 40.7 Å². The van der Waals surface area contributed by atoms with E-state index < -0.39 is 0 Å². The van der Waals surface area contributed by atoms with Crippen LogP contribution in [0.3, 0.4) is 0 Å². The molecule has 0 saturated carbocycles. The number of nitrogens with zero attached hydrogens (tertiary/aromatic N) is 1. The van der Waals surface area contributed by atoms with Gasteiger partial charge in [0.25, 0.3) is 0 Å². The molecule has 20 heavy (non-hydrogen) atoms. The lowest BCUT2D eigenvalue weighted by molar-refractivity contribution is 0.620. The Morgan fingerprint density at radius 1 is 1.25 bits per heavy atom. The Balaban J connectivity index is 1.77. The second-order valence-electron chi connectivity index (χ2n) is 4.35. The molecule has 0 unspecified atom stereocenters. The number of rotatable bonds is 3. The van der Waals surface area contributed by atoms with E-state index in [1.54, 1.807) is 18.2 Å². The van der Waals surface area contributed by atoms with Crippen LogP contribution < -0.4 is 5.32 Å². The van der Waals surface area contributed by atoms with Crippen molar-refractivity contribution in [2.45, 2.75) is 6.54 Å². The fourth-order valence-electron chi connectivity index (χ4n) is 1.90. The summed E-state index contributed by atoms with van der Waals surface area (Å²) in [5.74, 6) is 0.384. The minimum absolute atomic E-state index is 0.271. The molecule has 1 heterocycles. The maximum absolute atomic E-state index is 13.1. The Kier molecular flexibility index (Phi) is 3.63. The Bertz CT molecular complexity index is 772. The first-order chi connectivity index (χ1) is 9.61. The highest BCUT2D eigenvalue weighted by Crippen LogP contribution is 2.20. The standard InChI is InChI=1S/C14H10BrClFN3/c15-10-5-8(1-3-11(10)17)7-18-14-19-12-4-2-9(16)6-13(12)20-14/h1-6H,7H2,(H2,18,19,20). The van der Waals surface area contributed by atoms with E-state index in [1.807, 2.05) is 12.1 Å². The molecule has 3 aromatic rings. The summed E-state index contributed by atoms with van der Waals surface area (Å²) in [7, 11) is 0. The molecule has 0 radical (unpaired) electrons. The average molecular weight is 355 g/mol. The van der Waals surface area contributed by atoms with Gasteiger partial charge < -0.3 is 10.3 Å². The summed E-state index contributed by atoms with van der Waals surface area (Å²) in [6.07, 6.45) is 0. The quantitative estimate of drug-likeness (QED) is 0.714. The van der Waals surface area contributed by atoms with Crippen molar-refractivity contribution in [3.05, 3.63) is 57.3 Å². The molecule has 0 aliphatic rings. The van der Waals surface area contributed by atoms with Gasteiger partial charge >= 0.3 is 0 Å². The molecule has 0 aliphatic heterocycles. The van der Waals surface area contributed by atoms with Crippen LogP contribution in [0.4, 0.5) is 10.3 Å². The summed E-state index contributed by atoms with van der Waals surface area (Å²) in [4.78, 5) is 7.54. The Hall–Kier alpha value is -1.59. The van der Waals surface area contributed by atoms with Crippen LogP contribution in [0.5, 0.6) is 0 Å². The smallest absolute Gasteiger partial charge is 0.201 e. The summed E-state index contributed by atoms with van der Waals surface area (Å²) < 4.78 is 13.6. The van der Waals surface area contributed by atoms with Crippen molar-refractivity contribution in [1.29, 1.82) is 0 Å². The highest BCUT2D eigenvalue weighted by atomic mass is 79.9. The lowest BCUT2D eigenvalue weighted by atomic mass is 10.2. The Labute approximate surface area is 128 Å². The molecule has 0 saturated heterocycles. The van der Waals surface area contributed by atoms with Gasteiger partial charge in [-0.1, -0.05) is 17.7 Å². The van der Waals surface area contributed by atoms with Gasteiger partial charge in [-0.25, -0.2) is 9.37 Å². The first-order valence-corrected chi connectivity index (χ1v) is 7.12. The lowest BCUT2D eigenvalue weighted by Gasteiger charge is -2.04. The zero-order valence-electron chi connectivity index (χ0n) is 10.3. The van der Waals surface area contributed by atoms with Crippen molar-refractivity contribution in [3.63, 3.8) is 0 Å². The first kappa shape index (κ1) is 13.4. The number of H-pyrrole nitrogens is 1. The molecule has 102 valence electrons. The van der Waals surface area contributed by atoms with Gasteiger partial charge in [0.15, 0.2) is 0 Å². The predicted octanol–water partition coefficient (Wildman–Crippen LogP) is 4.73. The van der Waals surface area contributed by atoms with Crippen molar-refractivity contribution in [2.75, 3.05) is 5.32 Å². The van der Waals surface area contributed by atoms with E-state index in [-0.39, 0.29) is 5.82 Å². The number of benzene rings is 2. The van der Waals surface area contributed by atoms with Crippen molar-refractivity contribution in [1.82, 2.24) is 9.97 Å². The number of aromatic nitrogens is 2. The van der Waals surface area contributed by atoms with E-state index in [2.05, 4.69) is 31.2 Å². The van der Waals surface area contributed by atoms with Gasteiger partial charge in [-0.3, -0.25) is 0 Å². The first-order valence-electron chi connectivity index (χ1n) is 5.95. The summed E-state index contributed by atoms with van der Waals surface area (Å²) in [6.45, 7) is 0.548. The molecule has 0 amide bonds. The second kappa shape index (κ2) is 5.42. The molecule has 0 spiro atoms. The van der Waals surface area contributed by atoms with Crippen LogP contribution in [0, 0.1) is 5.82 Å². The molecule has 3 nitrogen and oxygen atoms in total. The maximum atomic E-state index is 13.1. The van der Waals surface area contributed by atoms with E-state index in [0.717, 1.165) is 16.6 Å². The van der Waals surface area contributed by atoms with Gasteiger partial charge in [-0.15, -0.1) is 0 Å². The monoisotopic (exact) mass is 353 g/mol. The summed E-state index contributed by atoms with van der Waals surface area (Å²) in [5, 5.41) is 3.83. The van der Waals surface area contributed by atoms with Crippen LogP contribution in [-0.2, 0) is 6.54 Å². The molecule has 0 aliphatic carbocycles. The lowest BCUT2D eigenvalue weighted by Crippen LogP contribution is -2.01. The number of fused-ring (bicyclic) bond motifs is 1. The minimum Gasteiger partial charge on any atom is -0.352 e. The van der Waals surface area contributed by atoms with Gasteiger partial charge in [-0.05, 0) is 51.8 Å². The SMILES string of the molecule is Fc1ccc(CNc2nc3ccc(Cl)cc3[nH]2)cc1Br. The predicted molar refractivity (Wildman–Crippen MR) is 82.5 cm³/mol. The van der Waals surface area contributed by atoms with Crippen LogP contribution >= 0.6 is 27.5 Å². The third-order valence-electron chi connectivity index (χ3n) is 2.89. The normalized spacial score (nSPS) is 10.9. The van der Waals surface area contributed by atoms with Gasteiger partial charge in [0.1, 0.15) is 5.82 Å². The van der Waals surface area contributed by atoms with Crippen LogP contribution in [0.15, 0.2) is 40.9 Å². The van der Waals surface area contributed by atoms with Crippen LogP contribution in [0.2, 0.25) is 5.02 Å². The van der Waals surface area contributed by atoms with E-state index in [0.29, 0.717) is 22.0 Å². The molecule has 0 bridgehead atoms. The third kappa shape index (κ3) is 2.78. The zero-order valence-corrected chi connectivity index (χ0v) is 12.6. The van der Waals surface area contributed by atoms with Gasteiger partial charge in [0.2, 0.25) is 5.95 Å². The molecule has 0 atom stereocenters. The van der Waals surface area contributed by atoms with Gasteiger partial charge in [0, 0.05) is 11.6 Å². The van der Waals surface area contributed by atoms with Crippen molar-refractivity contribution in [3.8, 4) is 0 Å². The second-order valence-corrected chi connectivity index (χ2v) is 5.64. The van der Waals surface area contributed by atoms with Crippen molar-refractivity contribution in [2.24, 2.45) is 0 Å². The largest absolute Gasteiger partial charge is 0.352 e.